The summed E-state index contributed by atoms with van der Waals surface area (Å²) in [6.45, 7) is 6.24. The zero-order valence-corrected chi connectivity index (χ0v) is 12.6. The maximum absolute atomic E-state index is 12.2. The number of benzene rings is 1. The largest absolute Gasteiger partial charge is 0.450 e. The number of furan rings is 1. The molecule has 3 N–H and O–H groups in total. The number of carbonyl (C=O) groups is 2. The molecule has 0 aliphatic carbocycles. The molecule has 0 fully saturated rings. The van der Waals surface area contributed by atoms with Crippen molar-refractivity contribution in [3.63, 3.8) is 0 Å². The molecule has 1 heterocycles. The van der Waals surface area contributed by atoms with Gasteiger partial charge in [0.2, 0.25) is 5.91 Å². The van der Waals surface area contributed by atoms with Crippen molar-refractivity contribution in [2.45, 2.75) is 33.6 Å². The highest BCUT2D eigenvalue weighted by atomic mass is 16.3. The number of hydrogen-bond acceptors (Lipinski definition) is 3. The van der Waals surface area contributed by atoms with Gasteiger partial charge in [-0.25, -0.2) is 0 Å². The average Bonchev–Trinajstić information content (AvgIpc) is 2.78. The second-order valence-electron chi connectivity index (χ2n) is 5.29. The minimum Gasteiger partial charge on any atom is -0.450 e. The number of hydrogen-bond donors (Lipinski definition) is 2. The Morgan fingerprint density at radius 2 is 1.86 bits per heavy atom. The third-order valence-electron chi connectivity index (χ3n) is 3.57. The fraction of sp³-hybridized carbons (Fsp3) is 0.375. The van der Waals surface area contributed by atoms with E-state index in [0.29, 0.717) is 18.7 Å². The quantitative estimate of drug-likeness (QED) is 0.828. The van der Waals surface area contributed by atoms with Crippen LogP contribution in [0.15, 0.2) is 16.5 Å². The molecule has 2 aromatic rings. The van der Waals surface area contributed by atoms with Crippen LogP contribution < -0.4 is 11.1 Å². The van der Waals surface area contributed by atoms with Gasteiger partial charge in [0.05, 0.1) is 0 Å². The van der Waals surface area contributed by atoms with Crippen molar-refractivity contribution < 1.29 is 14.0 Å². The molecule has 0 aliphatic heterocycles. The fourth-order valence-corrected chi connectivity index (χ4v) is 2.44. The monoisotopic (exact) mass is 288 g/mol. The van der Waals surface area contributed by atoms with Crippen molar-refractivity contribution in [2.75, 3.05) is 6.54 Å². The number of aryl methyl sites for hydroxylation is 3. The van der Waals surface area contributed by atoms with Crippen LogP contribution in [0.2, 0.25) is 0 Å². The van der Waals surface area contributed by atoms with Crippen LogP contribution in [-0.2, 0) is 4.79 Å². The highest BCUT2D eigenvalue weighted by molar-refractivity contribution is 6.00. The summed E-state index contributed by atoms with van der Waals surface area (Å²) in [4.78, 5) is 22.8. The molecule has 0 atom stereocenters. The smallest absolute Gasteiger partial charge is 0.287 e. The van der Waals surface area contributed by atoms with Crippen LogP contribution >= 0.6 is 0 Å². The summed E-state index contributed by atoms with van der Waals surface area (Å²) in [6.07, 6.45) is 0.788. The lowest BCUT2D eigenvalue weighted by atomic mass is 10.0. The van der Waals surface area contributed by atoms with E-state index in [1.165, 1.54) is 0 Å². The Labute approximate surface area is 123 Å². The predicted molar refractivity (Wildman–Crippen MR) is 81.2 cm³/mol. The van der Waals surface area contributed by atoms with Crippen LogP contribution in [-0.4, -0.2) is 18.4 Å². The molecule has 0 saturated heterocycles. The Balaban J connectivity index is 2.20. The number of carbonyl (C=O) groups excluding carboxylic acids is 2. The number of primary amides is 1. The van der Waals surface area contributed by atoms with Gasteiger partial charge in [0.15, 0.2) is 5.76 Å². The second-order valence-corrected chi connectivity index (χ2v) is 5.29. The predicted octanol–water partition coefficient (Wildman–Crippen LogP) is 2.35. The second kappa shape index (κ2) is 5.99. The molecular formula is C16H20N2O3. The van der Waals surface area contributed by atoms with Crippen LogP contribution in [0.1, 0.15) is 40.1 Å². The maximum atomic E-state index is 12.2. The van der Waals surface area contributed by atoms with E-state index < -0.39 is 0 Å². The molecule has 1 aromatic carbocycles. The molecule has 0 spiro atoms. The van der Waals surface area contributed by atoms with Crippen molar-refractivity contribution in [3.8, 4) is 0 Å². The van der Waals surface area contributed by atoms with Crippen LogP contribution in [0.5, 0.6) is 0 Å². The molecule has 5 heteroatoms. The standard InChI is InChI=1S/C16H20N2O3/c1-9-6-7-10(2)14-13(9)11(3)15(21-14)16(20)18-8-4-5-12(17)19/h6-7H,4-5,8H2,1-3H3,(H2,17,19)(H,18,20). The normalized spacial score (nSPS) is 10.8. The van der Waals surface area contributed by atoms with Crippen molar-refractivity contribution in [2.24, 2.45) is 5.73 Å². The van der Waals surface area contributed by atoms with Crippen molar-refractivity contribution in [3.05, 3.63) is 34.6 Å². The molecule has 112 valence electrons. The van der Waals surface area contributed by atoms with Crippen molar-refractivity contribution in [1.82, 2.24) is 5.32 Å². The van der Waals surface area contributed by atoms with Gasteiger partial charge in [-0.3, -0.25) is 9.59 Å². The van der Waals surface area contributed by atoms with E-state index in [9.17, 15) is 9.59 Å². The number of amides is 2. The van der Waals surface area contributed by atoms with Gasteiger partial charge in [0, 0.05) is 23.9 Å². The SMILES string of the molecule is Cc1ccc(C)c2c(C)c(C(=O)NCCCC(N)=O)oc12. The van der Waals surface area contributed by atoms with Gasteiger partial charge < -0.3 is 15.5 Å². The van der Waals surface area contributed by atoms with E-state index in [4.69, 9.17) is 10.2 Å². The molecule has 21 heavy (non-hydrogen) atoms. The first kappa shape index (κ1) is 15.1. The first-order valence-electron chi connectivity index (χ1n) is 6.97. The minimum atomic E-state index is -0.365. The molecule has 0 saturated carbocycles. The van der Waals surface area contributed by atoms with Crippen LogP contribution in [0.4, 0.5) is 0 Å². The lowest BCUT2D eigenvalue weighted by Crippen LogP contribution is -2.25. The summed E-state index contributed by atoms with van der Waals surface area (Å²) >= 11 is 0. The minimum absolute atomic E-state index is 0.257. The fourth-order valence-electron chi connectivity index (χ4n) is 2.44. The van der Waals surface area contributed by atoms with Gasteiger partial charge in [-0.2, -0.15) is 0 Å². The molecule has 0 radical (unpaired) electrons. The number of fused-ring (bicyclic) bond motifs is 1. The van der Waals surface area contributed by atoms with Crippen LogP contribution in [0.25, 0.3) is 11.0 Å². The van der Waals surface area contributed by atoms with E-state index >= 15 is 0 Å². The topological polar surface area (TPSA) is 85.3 Å². The Morgan fingerprint density at radius 3 is 2.48 bits per heavy atom. The summed E-state index contributed by atoms with van der Waals surface area (Å²) in [5, 5.41) is 3.75. The number of nitrogens with one attached hydrogen (secondary N) is 1. The molecule has 1 aromatic heterocycles. The Hall–Kier alpha value is -2.30. The Bertz CT molecular complexity index is 701. The first-order valence-corrected chi connectivity index (χ1v) is 6.97. The van der Waals surface area contributed by atoms with Crippen molar-refractivity contribution in [1.29, 1.82) is 0 Å². The Kier molecular flexibility index (Phi) is 4.31. The summed E-state index contributed by atoms with van der Waals surface area (Å²) in [6, 6.07) is 4.00. The van der Waals surface area contributed by atoms with E-state index in [0.717, 1.165) is 27.7 Å². The van der Waals surface area contributed by atoms with E-state index in [2.05, 4.69) is 5.32 Å². The molecule has 2 rings (SSSR count). The van der Waals surface area contributed by atoms with Crippen LogP contribution in [0.3, 0.4) is 0 Å². The summed E-state index contributed by atoms with van der Waals surface area (Å²) in [5.74, 6) is -0.288. The highest BCUT2D eigenvalue weighted by Gasteiger charge is 2.19. The Morgan fingerprint density at radius 1 is 1.19 bits per heavy atom. The summed E-state index contributed by atoms with van der Waals surface area (Å²) in [7, 11) is 0. The molecule has 0 aliphatic rings. The molecule has 0 bridgehead atoms. The zero-order valence-electron chi connectivity index (χ0n) is 12.6. The van der Waals surface area contributed by atoms with Gasteiger partial charge in [-0.1, -0.05) is 12.1 Å². The van der Waals surface area contributed by atoms with Gasteiger partial charge in [-0.05, 0) is 38.3 Å². The van der Waals surface area contributed by atoms with Crippen LogP contribution in [0, 0.1) is 20.8 Å². The van der Waals surface area contributed by atoms with Gasteiger partial charge in [0.25, 0.3) is 5.91 Å². The van der Waals surface area contributed by atoms with E-state index in [1.54, 1.807) is 0 Å². The number of nitrogens with two attached hydrogens (primary N) is 1. The molecular weight excluding hydrogens is 268 g/mol. The first-order chi connectivity index (χ1) is 9.91. The molecule has 2 amide bonds. The number of rotatable bonds is 5. The maximum Gasteiger partial charge on any atom is 0.287 e. The third kappa shape index (κ3) is 3.07. The summed E-state index contributed by atoms with van der Waals surface area (Å²) < 4.78 is 5.75. The average molecular weight is 288 g/mol. The van der Waals surface area contributed by atoms with Gasteiger partial charge in [-0.15, -0.1) is 0 Å². The highest BCUT2D eigenvalue weighted by Crippen LogP contribution is 2.30. The van der Waals surface area contributed by atoms with E-state index in [-0.39, 0.29) is 18.2 Å². The lowest BCUT2D eigenvalue weighted by Gasteiger charge is -2.02. The summed E-state index contributed by atoms with van der Waals surface area (Å²) in [5.41, 5.74) is 8.76. The molecule has 0 unspecified atom stereocenters. The van der Waals surface area contributed by atoms with Crippen molar-refractivity contribution >= 4 is 22.8 Å². The molecule has 5 nitrogen and oxygen atoms in total. The van der Waals surface area contributed by atoms with Gasteiger partial charge >= 0.3 is 0 Å². The lowest BCUT2D eigenvalue weighted by molar-refractivity contribution is -0.118. The third-order valence-corrected chi connectivity index (χ3v) is 3.57. The zero-order chi connectivity index (χ0) is 15.6. The van der Waals surface area contributed by atoms with Gasteiger partial charge in [0.1, 0.15) is 5.58 Å². The van der Waals surface area contributed by atoms with E-state index in [1.807, 2.05) is 32.9 Å².